The summed E-state index contributed by atoms with van der Waals surface area (Å²) in [4.78, 5) is 15.7. The van der Waals surface area contributed by atoms with Crippen LogP contribution in [0.3, 0.4) is 0 Å². The SMILES string of the molecule is COc1ccc(CN2CCC(O)(Cn3nc(-c4cccs4)ccc3=O)CC2)c(C)c1C. The highest BCUT2D eigenvalue weighted by Gasteiger charge is 2.33. The van der Waals surface area contributed by atoms with Crippen molar-refractivity contribution in [3.63, 3.8) is 0 Å². The van der Waals surface area contributed by atoms with Crippen LogP contribution in [0, 0.1) is 13.8 Å². The summed E-state index contributed by atoms with van der Waals surface area (Å²) in [5.41, 5.74) is 3.37. The molecule has 1 aliphatic rings. The summed E-state index contributed by atoms with van der Waals surface area (Å²) >= 11 is 1.59. The molecule has 1 aromatic carbocycles. The highest BCUT2D eigenvalue weighted by atomic mass is 32.1. The van der Waals surface area contributed by atoms with E-state index in [0.29, 0.717) is 12.8 Å². The van der Waals surface area contributed by atoms with Gasteiger partial charge in [0, 0.05) is 25.7 Å². The Labute approximate surface area is 186 Å². The highest BCUT2D eigenvalue weighted by Crippen LogP contribution is 2.28. The molecule has 0 atom stereocenters. The van der Waals surface area contributed by atoms with E-state index in [2.05, 4.69) is 29.9 Å². The van der Waals surface area contributed by atoms with Gasteiger partial charge < -0.3 is 9.84 Å². The summed E-state index contributed by atoms with van der Waals surface area (Å²) in [7, 11) is 1.70. The lowest BCUT2D eigenvalue weighted by Crippen LogP contribution is -2.48. The van der Waals surface area contributed by atoms with Crippen LogP contribution in [0.1, 0.15) is 29.5 Å². The third-order valence-electron chi connectivity index (χ3n) is 6.33. The van der Waals surface area contributed by atoms with Crippen molar-refractivity contribution in [2.45, 2.75) is 45.4 Å². The minimum absolute atomic E-state index is 0.180. The third kappa shape index (κ3) is 4.74. The first kappa shape index (κ1) is 21.7. The lowest BCUT2D eigenvalue weighted by molar-refractivity contribution is -0.0389. The third-order valence-corrected chi connectivity index (χ3v) is 7.23. The second-order valence-electron chi connectivity index (χ2n) is 8.37. The van der Waals surface area contributed by atoms with E-state index in [4.69, 9.17) is 4.74 Å². The van der Waals surface area contributed by atoms with E-state index in [0.717, 1.165) is 36.0 Å². The molecular formula is C24H29N3O3S. The summed E-state index contributed by atoms with van der Waals surface area (Å²) in [5, 5.41) is 17.7. The van der Waals surface area contributed by atoms with Crippen LogP contribution in [0.25, 0.3) is 10.6 Å². The van der Waals surface area contributed by atoms with Gasteiger partial charge in [0.1, 0.15) is 11.4 Å². The fraction of sp³-hybridized carbons (Fsp3) is 0.417. The summed E-state index contributed by atoms with van der Waals surface area (Å²) < 4.78 is 6.83. The minimum Gasteiger partial charge on any atom is -0.496 e. The molecule has 1 fully saturated rings. The monoisotopic (exact) mass is 439 g/mol. The molecule has 3 heterocycles. The smallest absolute Gasteiger partial charge is 0.266 e. The summed E-state index contributed by atoms with van der Waals surface area (Å²) in [6.07, 6.45) is 1.22. The van der Waals surface area contributed by atoms with Crippen molar-refractivity contribution in [2.24, 2.45) is 0 Å². The van der Waals surface area contributed by atoms with Crippen LogP contribution in [-0.2, 0) is 13.1 Å². The average Bonchev–Trinajstić information content (AvgIpc) is 3.30. The van der Waals surface area contributed by atoms with E-state index in [9.17, 15) is 9.90 Å². The average molecular weight is 440 g/mol. The van der Waals surface area contributed by atoms with Crippen LogP contribution in [0.15, 0.2) is 46.6 Å². The van der Waals surface area contributed by atoms with Gasteiger partial charge in [0.05, 0.1) is 24.1 Å². The maximum Gasteiger partial charge on any atom is 0.266 e. The zero-order valence-corrected chi connectivity index (χ0v) is 19.1. The predicted molar refractivity (Wildman–Crippen MR) is 124 cm³/mol. The maximum absolute atomic E-state index is 12.4. The number of aromatic nitrogens is 2. The van der Waals surface area contributed by atoms with Crippen molar-refractivity contribution in [1.29, 1.82) is 0 Å². The Hall–Kier alpha value is -2.48. The quantitative estimate of drug-likeness (QED) is 0.635. The van der Waals surface area contributed by atoms with Gasteiger partial charge in [0.15, 0.2) is 0 Å². The first-order chi connectivity index (χ1) is 14.9. The van der Waals surface area contributed by atoms with E-state index in [1.165, 1.54) is 27.4 Å². The molecule has 0 bridgehead atoms. The Morgan fingerprint density at radius 3 is 2.58 bits per heavy atom. The molecule has 0 amide bonds. The standard InChI is InChI=1S/C24H29N3O3S/c1-17-18(2)21(30-3)8-6-19(17)15-26-12-10-24(29,11-13-26)16-27-23(28)9-7-20(25-27)22-5-4-14-31-22/h4-9,14,29H,10-13,15-16H2,1-3H3. The van der Waals surface area contributed by atoms with Crippen molar-refractivity contribution in [3.05, 3.63) is 68.8 Å². The predicted octanol–water partition coefficient (Wildman–Crippen LogP) is 3.62. The van der Waals surface area contributed by atoms with Gasteiger partial charge in [0.2, 0.25) is 0 Å². The molecule has 1 saturated heterocycles. The molecule has 31 heavy (non-hydrogen) atoms. The van der Waals surface area contributed by atoms with Crippen LogP contribution in [0.2, 0.25) is 0 Å². The van der Waals surface area contributed by atoms with Gasteiger partial charge >= 0.3 is 0 Å². The maximum atomic E-state index is 12.4. The molecule has 0 unspecified atom stereocenters. The second-order valence-corrected chi connectivity index (χ2v) is 9.32. The van der Waals surface area contributed by atoms with E-state index in [1.807, 2.05) is 23.6 Å². The molecule has 1 N–H and O–H groups in total. The van der Waals surface area contributed by atoms with Crippen molar-refractivity contribution in [1.82, 2.24) is 14.7 Å². The van der Waals surface area contributed by atoms with Crippen molar-refractivity contribution in [2.75, 3.05) is 20.2 Å². The van der Waals surface area contributed by atoms with Crippen LogP contribution in [0.5, 0.6) is 5.75 Å². The number of methoxy groups -OCH3 is 1. The largest absolute Gasteiger partial charge is 0.496 e. The van der Waals surface area contributed by atoms with E-state index < -0.39 is 5.60 Å². The normalized spacial score (nSPS) is 16.4. The number of rotatable bonds is 6. The number of ether oxygens (including phenoxy) is 1. The van der Waals surface area contributed by atoms with Crippen molar-refractivity contribution in [3.8, 4) is 16.3 Å². The Kier molecular flexibility index (Phi) is 6.27. The topological polar surface area (TPSA) is 67.6 Å². The summed E-state index contributed by atoms with van der Waals surface area (Å²) in [6, 6.07) is 11.4. The van der Waals surface area contributed by atoms with Crippen molar-refractivity contribution >= 4 is 11.3 Å². The zero-order valence-electron chi connectivity index (χ0n) is 18.3. The van der Waals surface area contributed by atoms with Crippen LogP contribution < -0.4 is 10.3 Å². The molecule has 0 radical (unpaired) electrons. The Morgan fingerprint density at radius 1 is 1.13 bits per heavy atom. The summed E-state index contributed by atoms with van der Waals surface area (Å²) in [5.74, 6) is 0.914. The molecule has 7 heteroatoms. The van der Waals surface area contributed by atoms with Crippen molar-refractivity contribution < 1.29 is 9.84 Å². The first-order valence-corrected chi connectivity index (χ1v) is 11.5. The van der Waals surface area contributed by atoms with Crippen LogP contribution >= 0.6 is 11.3 Å². The number of nitrogens with zero attached hydrogens (tertiary/aromatic N) is 3. The van der Waals surface area contributed by atoms with Crippen LogP contribution in [-0.4, -0.2) is 45.6 Å². The van der Waals surface area contributed by atoms with Gasteiger partial charge in [-0.25, -0.2) is 4.68 Å². The van der Waals surface area contributed by atoms with Gasteiger partial charge in [-0.2, -0.15) is 5.10 Å². The molecule has 1 aliphatic heterocycles. The lowest BCUT2D eigenvalue weighted by atomic mass is 9.90. The number of hydrogen-bond donors (Lipinski definition) is 1. The number of likely N-dealkylation sites (tertiary alicyclic amines) is 1. The number of thiophene rings is 1. The summed E-state index contributed by atoms with van der Waals surface area (Å²) in [6.45, 7) is 6.84. The Balaban J connectivity index is 1.42. The second kappa shape index (κ2) is 8.94. The fourth-order valence-electron chi connectivity index (χ4n) is 4.17. The van der Waals surface area contributed by atoms with Gasteiger partial charge in [-0.1, -0.05) is 12.1 Å². The van der Waals surface area contributed by atoms with Gasteiger partial charge in [-0.15, -0.1) is 11.3 Å². The minimum atomic E-state index is -0.924. The number of benzene rings is 1. The van der Waals surface area contributed by atoms with E-state index in [1.54, 1.807) is 24.5 Å². The van der Waals surface area contributed by atoms with Crippen LogP contribution in [0.4, 0.5) is 0 Å². The van der Waals surface area contributed by atoms with E-state index >= 15 is 0 Å². The number of hydrogen-bond acceptors (Lipinski definition) is 6. The molecule has 0 saturated carbocycles. The highest BCUT2D eigenvalue weighted by molar-refractivity contribution is 7.13. The molecule has 2 aromatic heterocycles. The van der Waals surface area contributed by atoms with E-state index in [-0.39, 0.29) is 12.1 Å². The molecule has 0 spiro atoms. The van der Waals surface area contributed by atoms with Gasteiger partial charge in [0.25, 0.3) is 5.56 Å². The first-order valence-electron chi connectivity index (χ1n) is 10.6. The Morgan fingerprint density at radius 2 is 1.90 bits per heavy atom. The molecule has 4 rings (SSSR count). The molecule has 164 valence electrons. The lowest BCUT2D eigenvalue weighted by Gasteiger charge is -2.38. The van der Waals surface area contributed by atoms with Gasteiger partial charge in [-0.05, 0) is 67.0 Å². The number of aliphatic hydroxyl groups is 1. The molecular weight excluding hydrogens is 410 g/mol. The zero-order chi connectivity index (χ0) is 22.0. The molecule has 6 nitrogen and oxygen atoms in total. The molecule has 3 aromatic rings. The molecule has 0 aliphatic carbocycles. The number of piperidine rings is 1. The fourth-order valence-corrected chi connectivity index (χ4v) is 4.86. The Bertz CT molecular complexity index is 1100. The van der Waals surface area contributed by atoms with Gasteiger partial charge in [-0.3, -0.25) is 9.69 Å².